The number of hydrogen-bond acceptors (Lipinski definition) is 6. The van der Waals surface area contributed by atoms with Gasteiger partial charge in [-0.25, -0.2) is 4.79 Å². The van der Waals surface area contributed by atoms with E-state index in [4.69, 9.17) is 5.11 Å². The lowest BCUT2D eigenvalue weighted by atomic mass is 10.1. The highest BCUT2D eigenvalue weighted by Crippen LogP contribution is 2.24. The van der Waals surface area contributed by atoms with E-state index in [0.29, 0.717) is 25.1 Å². The van der Waals surface area contributed by atoms with Crippen LogP contribution in [-0.4, -0.2) is 60.8 Å². The van der Waals surface area contributed by atoms with Gasteiger partial charge >= 0.3 is 5.97 Å². The van der Waals surface area contributed by atoms with E-state index in [1.54, 1.807) is 13.0 Å². The van der Waals surface area contributed by atoms with E-state index in [9.17, 15) is 19.2 Å². The summed E-state index contributed by atoms with van der Waals surface area (Å²) in [5, 5.41) is 14.5. The van der Waals surface area contributed by atoms with Gasteiger partial charge in [0.05, 0.1) is 5.25 Å². The Labute approximate surface area is 143 Å². The first kappa shape index (κ1) is 18.2. The van der Waals surface area contributed by atoms with Gasteiger partial charge in [-0.2, -0.15) is 5.10 Å². The third-order valence-electron chi connectivity index (χ3n) is 3.78. The number of Topliss-reactive ketones (excluding diaryl/α,β-unsaturated/α-hetero) is 1. The van der Waals surface area contributed by atoms with E-state index < -0.39 is 29.0 Å². The van der Waals surface area contributed by atoms with Crippen molar-refractivity contribution >= 4 is 34.5 Å². The second-order valence-corrected chi connectivity index (χ2v) is 7.07. The van der Waals surface area contributed by atoms with Crippen molar-refractivity contribution in [3.05, 3.63) is 17.5 Å². The van der Waals surface area contributed by atoms with E-state index in [1.807, 2.05) is 0 Å². The lowest BCUT2D eigenvalue weighted by molar-refractivity contribution is -0.148. The smallest absolute Gasteiger partial charge is 0.326 e. The quantitative estimate of drug-likeness (QED) is 0.732. The summed E-state index contributed by atoms with van der Waals surface area (Å²) in [6.45, 7) is 3.41. The molecule has 0 aromatic carbocycles. The first-order valence-electron chi connectivity index (χ1n) is 7.55. The summed E-state index contributed by atoms with van der Waals surface area (Å²) in [6, 6.07) is 0.694. The molecule has 2 atom stereocenters. The standard InChI is InChI=1S/C15H19N3O5S/c1-8-6-10(17-16-8)14(21)12(24-9(2)19)7-13(20)18-5-3-4-11(18)15(22)23/h6,11-12H,3-5,7H2,1-2H3,(H,16,17)(H,22,23)/t11-,12?/m0/s1. The number of H-pyrrole nitrogens is 1. The molecule has 1 saturated heterocycles. The van der Waals surface area contributed by atoms with Crippen LogP contribution < -0.4 is 0 Å². The molecule has 0 bridgehead atoms. The number of carboxylic acid groups (broad SMARTS) is 1. The Morgan fingerprint density at radius 1 is 1.46 bits per heavy atom. The topological polar surface area (TPSA) is 120 Å². The van der Waals surface area contributed by atoms with Gasteiger partial charge in [-0.15, -0.1) is 0 Å². The fraction of sp³-hybridized carbons (Fsp3) is 0.533. The molecule has 2 N–H and O–H groups in total. The Balaban J connectivity index is 2.13. The molecule has 0 radical (unpaired) electrons. The molecule has 9 heteroatoms. The first-order chi connectivity index (χ1) is 11.3. The summed E-state index contributed by atoms with van der Waals surface area (Å²) < 4.78 is 0. The maximum Gasteiger partial charge on any atom is 0.326 e. The minimum Gasteiger partial charge on any atom is -0.480 e. The molecule has 1 aliphatic heterocycles. The summed E-state index contributed by atoms with van der Waals surface area (Å²) in [5.74, 6) is -1.90. The zero-order chi connectivity index (χ0) is 17.9. The normalized spacial score (nSPS) is 18.4. The number of nitrogens with one attached hydrogen (secondary N) is 1. The predicted molar refractivity (Wildman–Crippen MR) is 86.7 cm³/mol. The van der Waals surface area contributed by atoms with Crippen molar-refractivity contribution in [1.29, 1.82) is 0 Å². The van der Waals surface area contributed by atoms with Crippen molar-refractivity contribution in [1.82, 2.24) is 15.1 Å². The van der Waals surface area contributed by atoms with Crippen LogP contribution in [0.1, 0.15) is 42.4 Å². The molecular formula is C15H19N3O5S. The number of aromatic amines is 1. The number of carboxylic acids is 1. The predicted octanol–water partition coefficient (Wildman–Crippen LogP) is 1.01. The molecule has 1 aliphatic rings. The van der Waals surface area contributed by atoms with E-state index >= 15 is 0 Å². The minimum absolute atomic E-state index is 0.162. The van der Waals surface area contributed by atoms with Gasteiger partial charge in [-0.05, 0) is 25.8 Å². The van der Waals surface area contributed by atoms with E-state index in [-0.39, 0.29) is 17.2 Å². The Hall–Kier alpha value is -2.16. The number of hydrogen-bond donors (Lipinski definition) is 2. The van der Waals surface area contributed by atoms with Crippen LogP contribution in [0.15, 0.2) is 6.07 Å². The van der Waals surface area contributed by atoms with E-state index in [2.05, 4.69) is 10.2 Å². The highest BCUT2D eigenvalue weighted by molar-refractivity contribution is 8.14. The third-order valence-corrected chi connectivity index (χ3v) is 4.77. The van der Waals surface area contributed by atoms with Crippen molar-refractivity contribution in [2.24, 2.45) is 0 Å². The molecule has 1 aromatic rings. The number of ketones is 1. The number of carbonyl (C=O) groups is 4. The van der Waals surface area contributed by atoms with Gasteiger partial charge < -0.3 is 10.0 Å². The van der Waals surface area contributed by atoms with Crippen molar-refractivity contribution < 1.29 is 24.3 Å². The highest BCUT2D eigenvalue weighted by Gasteiger charge is 2.36. The fourth-order valence-electron chi connectivity index (χ4n) is 2.70. The number of carbonyl (C=O) groups excluding carboxylic acids is 3. The molecule has 2 rings (SSSR count). The molecule has 8 nitrogen and oxygen atoms in total. The van der Waals surface area contributed by atoms with Crippen LogP contribution in [0, 0.1) is 6.92 Å². The first-order valence-corrected chi connectivity index (χ1v) is 8.43. The summed E-state index contributed by atoms with van der Waals surface area (Å²) >= 11 is 0.771. The number of rotatable bonds is 6. The van der Waals surface area contributed by atoms with Gasteiger partial charge in [-0.3, -0.25) is 19.5 Å². The van der Waals surface area contributed by atoms with Gasteiger partial charge in [-0.1, -0.05) is 11.8 Å². The zero-order valence-corrected chi connectivity index (χ0v) is 14.3. The number of likely N-dealkylation sites (tertiary alicyclic amines) is 1. The van der Waals surface area contributed by atoms with Gasteiger partial charge in [0.1, 0.15) is 11.7 Å². The van der Waals surface area contributed by atoms with Crippen LogP contribution in [0.3, 0.4) is 0 Å². The maximum atomic E-state index is 12.5. The monoisotopic (exact) mass is 353 g/mol. The number of aromatic nitrogens is 2. The van der Waals surface area contributed by atoms with Crippen LogP contribution in [0.5, 0.6) is 0 Å². The van der Waals surface area contributed by atoms with Gasteiger partial charge in [0, 0.05) is 25.6 Å². The number of thioether (sulfide) groups is 1. The molecule has 2 heterocycles. The van der Waals surface area contributed by atoms with Crippen LogP contribution in [0.4, 0.5) is 0 Å². The summed E-state index contributed by atoms with van der Waals surface area (Å²) in [5.41, 5.74) is 0.858. The molecule has 0 aliphatic carbocycles. The Morgan fingerprint density at radius 3 is 2.71 bits per heavy atom. The number of amides is 1. The Morgan fingerprint density at radius 2 is 2.17 bits per heavy atom. The molecule has 1 aromatic heterocycles. The molecule has 1 fully saturated rings. The average Bonchev–Trinajstić information content (AvgIpc) is 3.13. The van der Waals surface area contributed by atoms with Crippen molar-refractivity contribution in [3.8, 4) is 0 Å². The number of aliphatic carboxylic acids is 1. The fourth-order valence-corrected chi connectivity index (χ4v) is 3.55. The van der Waals surface area contributed by atoms with Crippen molar-refractivity contribution in [2.75, 3.05) is 6.54 Å². The molecule has 0 saturated carbocycles. The summed E-state index contributed by atoms with van der Waals surface area (Å²) in [4.78, 5) is 48.9. The molecular weight excluding hydrogens is 334 g/mol. The third kappa shape index (κ3) is 4.22. The maximum absolute atomic E-state index is 12.5. The van der Waals surface area contributed by atoms with E-state index in [1.165, 1.54) is 11.8 Å². The molecule has 0 spiro atoms. The second kappa shape index (κ2) is 7.61. The Bertz CT molecular complexity index is 672. The lowest BCUT2D eigenvalue weighted by Crippen LogP contribution is -2.42. The highest BCUT2D eigenvalue weighted by atomic mass is 32.2. The average molecular weight is 353 g/mol. The van der Waals surface area contributed by atoms with Gasteiger partial charge in [0.2, 0.25) is 5.91 Å². The summed E-state index contributed by atoms with van der Waals surface area (Å²) in [6.07, 6.45) is 0.788. The lowest BCUT2D eigenvalue weighted by Gasteiger charge is -2.23. The second-order valence-electron chi connectivity index (χ2n) is 5.69. The van der Waals surface area contributed by atoms with Crippen molar-refractivity contribution in [2.45, 2.75) is 44.4 Å². The summed E-state index contributed by atoms with van der Waals surface area (Å²) in [7, 11) is 0. The molecule has 24 heavy (non-hydrogen) atoms. The minimum atomic E-state index is -1.05. The Kier molecular flexibility index (Phi) is 5.76. The molecule has 1 amide bonds. The largest absolute Gasteiger partial charge is 0.480 e. The number of nitrogens with zero attached hydrogens (tertiary/aromatic N) is 2. The van der Waals surface area contributed by atoms with Gasteiger partial charge in [0.15, 0.2) is 10.9 Å². The van der Waals surface area contributed by atoms with Crippen LogP contribution >= 0.6 is 11.8 Å². The van der Waals surface area contributed by atoms with Crippen LogP contribution in [-0.2, 0) is 14.4 Å². The van der Waals surface area contributed by atoms with Crippen LogP contribution in [0.2, 0.25) is 0 Å². The molecule has 1 unspecified atom stereocenters. The molecule has 130 valence electrons. The van der Waals surface area contributed by atoms with Gasteiger partial charge in [0.25, 0.3) is 0 Å². The number of aryl methyl sites for hydroxylation is 1. The SMILES string of the molecule is CC(=O)SC(CC(=O)N1CCC[C@H]1C(=O)O)C(=O)c1cc(C)[nH]n1. The van der Waals surface area contributed by atoms with E-state index in [0.717, 1.165) is 11.8 Å². The zero-order valence-electron chi connectivity index (χ0n) is 13.4. The van der Waals surface area contributed by atoms with Crippen molar-refractivity contribution in [3.63, 3.8) is 0 Å². The van der Waals surface area contributed by atoms with Crippen LogP contribution in [0.25, 0.3) is 0 Å².